The maximum absolute atomic E-state index is 5.99. The van der Waals surface area contributed by atoms with Crippen molar-refractivity contribution in [2.45, 2.75) is 19.5 Å². The summed E-state index contributed by atoms with van der Waals surface area (Å²) in [6, 6.07) is 3.15. The van der Waals surface area contributed by atoms with E-state index < -0.39 is 0 Å². The summed E-state index contributed by atoms with van der Waals surface area (Å²) in [4.78, 5) is 0. The first-order chi connectivity index (χ1) is 7.20. The molecule has 4 nitrogen and oxygen atoms in total. The van der Waals surface area contributed by atoms with E-state index in [0.717, 1.165) is 12.1 Å². The Morgan fingerprint density at radius 2 is 2.40 bits per heavy atom. The highest BCUT2D eigenvalue weighted by Crippen LogP contribution is 2.23. The van der Waals surface area contributed by atoms with Crippen LogP contribution in [0.4, 0.5) is 0 Å². The van der Waals surface area contributed by atoms with Crippen molar-refractivity contribution in [1.29, 1.82) is 0 Å². The number of aryl methyl sites for hydroxylation is 1. The average Bonchev–Trinajstić information content (AvgIpc) is 2.84. The molecule has 2 aromatic rings. The third kappa shape index (κ3) is 2.06. The fourth-order valence-corrected chi connectivity index (χ4v) is 1.52. The zero-order chi connectivity index (χ0) is 10.8. The van der Waals surface area contributed by atoms with Crippen LogP contribution in [0.1, 0.15) is 24.3 Å². The first-order valence-electron chi connectivity index (χ1n) is 4.74. The first kappa shape index (κ1) is 10.3. The molecule has 0 aromatic carbocycles. The Labute approximate surface area is 92.6 Å². The van der Waals surface area contributed by atoms with E-state index in [1.165, 1.54) is 0 Å². The SMILES string of the molecule is CCn1cc(C(N)c2ccc(Cl)o2)cn1. The van der Waals surface area contributed by atoms with Crippen LogP contribution in [-0.2, 0) is 6.54 Å². The summed E-state index contributed by atoms with van der Waals surface area (Å²) in [6.07, 6.45) is 3.64. The molecule has 1 atom stereocenters. The molecule has 0 aliphatic rings. The van der Waals surface area contributed by atoms with Crippen molar-refractivity contribution in [2.24, 2.45) is 5.73 Å². The third-order valence-electron chi connectivity index (χ3n) is 2.24. The van der Waals surface area contributed by atoms with Gasteiger partial charge in [0.15, 0.2) is 5.22 Å². The van der Waals surface area contributed by atoms with Gasteiger partial charge in [0.1, 0.15) is 5.76 Å². The van der Waals surface area contributed by atoms with E-state index in [9.17, 15) is 0 Å². The summed E-state index contributed by atoms with van der Waals surface area (Å²) in [5.74, 6) is 0.649. The summed E-state index contributed by atoms with van der Waals surface area (Å²) < 4.78 is 7.07. The zero-order valence-corrected chi connectivity index (χ0v) is 9.11. The smallest absolute Gasteiger partial charge is 0.193 e. The molecule has 0 saturated carbocycles. The Bertz CT molecular complexity index is 449. The van der Waals surface area contributed by atoms with E-state index in [1.54, 1.807) is 18.3 Å². The number of nitrogens with zero attached hydrogens (tertiary/aromatic N) is 2. The van der Waals surface area contributed by atoms with Gasteiger partial charge in [-0.2, -0.15) is 5.10 Å². The number of furan rings is 1. The van der Waals surface area contributed by atoms with Crippen molar-refractivity contribution in [3.63, 3.8) is 0 Å². The minimum absolute atomic E-state index is 0.308. The van der Waals surface area contributed by atoms with Gasteiger partial charge in [0.2, 0.25) is 0 Å². The van der Waals surface area contributed by atoms with Gasteiger partial charge in [0, 0.05) is 18.3 Å². The van der Waals surface area contributed by atoms with Crippen molar-refractivity contribution in [3.05, 3.63) is 41.1 Å². The van der Waals surface area contributed by atoms with Gasteiger partial charge in [-0.3, -0.25) is 4.68 Å². The van der Waals surface area contributed by atoms with Crippen molar-refractivity contribution in [1.82, 2.24) is 9.78 Å². The minimum Gasteiger partial charge on any atom is -0.448 e. The Kier molecular flexibility index (Phi) is 2.79. The predicted molar refractivity (Wildman–Crippen MR) is 57.6 cm³/mol. The van der Waals surface area contributed by atoms with E-state index in [4.69, 9.17) is 21.8 Å². The van der Waals surface area contributed by atoms with Gasteiger partial charge in [-0.15, -0.1) is 0 Å². The highest BCUT2D eigenvalue weighted by molar-refractivity contribution is 6.28. The van der Waals surface area contributed by atoms with Crippen molar-refractivity contribution in [3.8, 4) is 0 Å². The molecular weight excluding hydrogens is 214 g/mol. The van der Waals surface area contributed by atoms with Crippen LogP contribution in [0.15, 0.2) is 28.9 Å². The Morgan fingerprint density at radius 3 is 2.93 bits per heavy atom. The number of hydrogen-bond donors (Lipinski definition) is 1. The van der Waals surface area contributed by atoms with Gasteiger partial charge >= 0.3 is 0 Å². The van der Waals surface area contributed by atoms with Crippen molar-refractivity contribution in [2.75, 3.05) is 0 Å². The van der Waals surface area contributed by atoms with Gasteiger partial charge in [-0.25, -0.2) is 0 Å². The predicted octanol–water partition coefficient (Wildman–Crippen LogP) is 2.20. The Hall–Kier alpha value is -1.26. The molecule has 2 N–H and O–H groups in total. The summed E-state index contributed by atoms with van der Waals surface area (Å²) in [6.45, 7) is 2.84. The van der Waals surface area contributed by atoms with Gasteiger partial charge in [0.25, 0.3) is 0 Å². The van der Waals surface area contributed by atoms with Gasteiger partial charge in [-0.1, -0.05) is 0 Å². The molecule has 0 bridgehead atoms. The monoisotopic (exact) mass is 225 g/mol. The molecule has 0 amide bonds. The lowest BCUT2D eigenvalue weighted by Gasteiger charge is -2.04. The second-order valence-electron chi connectivity index (χ2n) is 3.25. The zero-order valence-electron chi connectivity index (χ0n) is 8.35. The quantitative estimate of drug-likeness (QED) is 0.871. The fraction of sp³-hybridized carbons (Fsp3) is 0.300. The van der Waals surface area contributed by atoms with Crippen LogP contribution < -0.4 is 5.73 Å². The molecular formula is C10H12ClN3O. The molecule has 80 valence electrons. The molecule has 15 heavy (non-hydrogen) atoms. The van der Waals surface area contributed by atoms with Crippen LogP contribution in [0.3, 0.4) is 0 Å². The lowest BCUT2D eigenvalue weighted by Crippen LogP contribution is -2.09. The highest BCUT2D eigenvalue weighted by Gasteiger charge is 2.14. The van der Waals surface area contributed by atoms with Crippen LogP contribution in [-0.4, -0.2) is 9.78 Å². The van der Waals surface area contributed by atoms with Crippen molar-refractivity contribution >= 4 is 11.6 Å². The average molecular weight is 226 g/mol. The van der Waals surface area contributed by atoms with Gasteiger partial charge in [-0.05, 0) is 30.7 Å². The molecule has 0 aliphatic heterocycles. The fourth-order valence-electron chi connectivity index (χ4n) is 1.37. The first-order valence-corrected chi connectivity index (χ1v) is 5.11. The van der Waals surface area contributed by atoms with Crippen LogP contribution in [0.2, 0.25) is 5.22 Å². The second-order valence-corrected chi connectivity index (χ2v) is 3.62. The van der Waals surface area contributed by atoms with Crippen LogP contribution >= 0.6 is 11.6 Å². The largest absolute Gasteiger partial charge is 0.448 e. The van der Waals surface area contributed by atoms with Crippen LogP contribution in [0.5, 0.6) is 0 Å². The van der Waals surface area contributed by atoms with E-state index in [0.29, 0.717) is 11.0 Å². The van der Waals surface area contributed by atoms with Crippen LogP contribution in [0, 0.1) is 0 Å². The van der Waals surface area contributed by atoms with Gasteiger partial charge < -0.3 is 10.2 Å². The minimum atomic E-state index is -0.308. The topological polar surface area (TPSA) is 57.0 Å². The molecule has 0 radical (unpaired) electrons. The van der Waals surface area contributed by atoms with Gasteiger partial charge in [0.05, 0.1) is 12.2 Å². The maximum atomic E-state index is 5.99. The lowest BCUT2D eigenvalue weighted by atomic mass is 10.1. The summed E-state index contributed by atoms with van der Waals surface area (Å²) in [7, 11) is 0. The van der Waals surface area contributed by atoms with E-state index in [-0.39, 0.29) is 6.04 Å². The molecule has 0 aliphatic carbocycles. The molecule has 0 spiro atoms. The number of nitrogens with two attached hydrogens (primary N) is 1. The van der Waals surface area contributed by atoms with Crippen LogP contribution in [0.25, 0.3) is 0 Å². The number of rotatable bonds is 3. The molecule has 2 heterocycles. The number of aromatic nitrogens is 2. The molecule has 0 saturated heterocycles. The molecule has 5 heteroatoms. The highest BCUT2D eigenvalue weighted by atomic mass is 35.5. The summed E-state index contributed by atoms with van der Waals surface area (Å²) in [5.41, 5.74) is 6.91. The molecule has 0 fully saturated rings. The normalized spacial score (nSPS) is 13.0. The second kappa shape index (κ2) is 4.08. The Balaban J connectivity index is 2.23. The van der Waals surface area contributed by atoms with E-state index >= 15 is 0 Å². The molecule has 2 rings (SSSR count). The standard InChI is InChI=1S/C10H12ClN3O/c1-2-14-6-7(5-13-14)10(12)8-3-4-9(11)15-8/h3-6,10H,2,12H2,1H3. The summed E-state index contributed by atoms with van der Waals surface area (Å²) in [5, 5.41) is 4.50. The lowest BCUT2D eigenvalue weighted by molar-refractivity contribution is 0.491. The van der Waals surface area contributed by atoms with Crippen molar-refractivity contribution < 1.29 is 4.42 Å². The molecule has 1 unspecified atom stereocenters. The number of hydrogen-bond acceptors (Lipinski definition) is 3. The molecule has 2 aromatic heterocycles. The van der Waals surface area contributed by atoms with E-state index in [2.05, 4.69) is 5.10 Å². The summed E-state index contributed by atoms with van der Waals surface area (Å²) >= 11 is 5.68. The van der Waals surface area contributed by atoms with E-state index in [1.807, 2.05) is 17.8 Å². The third-order valence-corrected chi connectivity index (χ3v) is 2.44. The number of halogens is 1. The maximum Gasteiger partial charge on any atom is 0.193 e. The Morgan fingerprint density at radius 1 is 1.60 bits per heavy atom.